The first-order chi connectivity index (χ1) is 35.8. The van der Waals surface area contributed by atoms with E-state index in [0.717, 1.165) is 77.0 Å². The number of rotatable bonds is 57. The summed E-state index contributed by atoms with van der Waals surface area (Å²) in [6.45, 7) is 3.62. The molecule has 0 aliphatic heterocycles. The molecule has 0 amide bonds. The van der Waals surface area contributed by atoms with E-state index in [1.807, 2.05) is 0 Å². The molecule has 424 valence electrons. The lowest BCUT2D eigenvalue weighted by Crippen LogP contribution is -2.29. The quantitative estimate of drug-likeness (QED) is 0.0264. The minimum atomic E-state index is -4.39. The number of hydrogen-bond acceptors (Lipinski definition) is 8. The van der Waals surface area contributed by atoms with Gasteiger partial charge in [-0.2, -0.15) is 0 Å². The van der Waals surface area contributed by atoms with Crippen LogP contribution >= 0.6 is 7.82 Å². The molecule has 0 aliphatic rings. The number of phosphoric acid groups is 1. The van der Waals surface area contributed by atoms with E-state index in [1.54, 1.807) is 0 Å². The van der Waals surface area contributed by atoms with Gasteiger partial charge in [-0.15, -0.1) is 0 Å². The average Bonchev–Trinajstić information content (AvgIpc) is 3.38. The number of allylic oxidation sites excluding steroid dienone is 12. The van der Waals surface area contributed by atoms with Crippen LogP contribution in [0.4, 0.5) is 0 Å². The Balaban J connectivity index is 3.85. The Labute approximate surface area is 450 Å². The van der Waals surface area contributed by atoms with Gasteiger partial charge in [-0.3, -0.25) is 18.6 Å². The van der Waals surface area contributed by atoms with Gasteiger partial charge in [0.05, 0.1) is 13.2 Å². The molecule has 73 heavy (non-hydrogen) atoms. The summed E-state index contributed by atoms with van der Waals surface area (Å²) < 4.78 is 33.0. The monoisotopic (exact) mass is 1040 g/mol. The van der Waals surface area contributed by atoms with E-state index in [9.17, 15) is 19.0 Å². The Kier molecular flexibility index (Phi) is 56.7. The Bertz CT molecular complexity index is 1420. The minimum absolute atomic E-state index is 0.0517. The highest BCUT2D eigenvalue weighted by atomic mass is 31.2. The average molecular weight is 1040 g/mol. The van der Waals surface area contributed by atoms with Crippen molar-refractivity contribution in [1.29, 1.82) is 0 Å². The van der Waals surface area contributed by atoms with Crippen LogP contribution < -0.4 is 5.73 Å². The standard InChI is InChI=1S/C63H114NO8P/c1-3-5-7-9-11-13-15-17-19-21-22-23-24-25-26-27-28-29-30-31-32-33-34-35-36-37-38-40-42-44-46-48-50-52-54-56-63(66)72-61(60-71-73(67,68)70-58-57-64)59-69-62(65)55-53-51-49-47-45-43-41-39-20-18-16-14-12-10-8-6-4-2/h5,7,11-14,17-20,22-23,61H,3-4,6,8-10,15-16,21,24-60,64H2,1-2H3,(H,67,68)/b7-5-,13-11-,14-12-,19-17-,20-18-,23-22-. The van der Waals surface area contributed by atoms with Gasteiger partial charge in [0.15, 0.2) is 6.10 Å². The lowest BCUT2D eigenvalue weighted by Gasteiger charge is -2.19. The molecule has 0 saturated heterocycles. The summed E-state index contributed by atoms with van der Waals surface area (Å²) in [4.78, 5) is 35.2. The van der Waals surface area contributed by atoms with Crippen LogP contribution in [0.2, 0.25) is 0 Å². The maximum absolute atomic E-state index is 12.7. The second kappa shape index (κ2) is 58.7. The summed E-state index contributed by atoms with van der Waals surface area (Å²) in [6.07, 6.45) is 75.5. The van der Waals surface area contributed by atoms with Crippen molar-refractivity contribution < 1.29 is 37.6 Å². The first-order valence-corrected chi connectivity index (χ1v) is 31.9. The molecule has 0 bridgehead atoms. The smallest absolute Gasteiger partial charge is 0.462 e. The molecular weight excluding hydrogens is 930 g/mol. The topological polar surface area (TPSA) is 134 Å². The zero-order valence-electron chi connectivity index (χ0n) is 47.4. The van der Waals surface area contributed by atoms with Crippen molar-refractivity contribution in [3.8, 4) is 0 Å². The van der Waals surface area contributed by atoms with Gasteiger partial charge in [-0.25, -0.2) is 4.57 Å². The molecule has 0 heterocycles. The molecule has 0 spiro atoms. The SMILES string of the molecule is CC/C=C\C/C=C\C/C=C\C/C=C\CCCCCCCCCCCCCCCCCCCCCCCCC(=O)OC(COC(=O)CCCCCCCCC/C=C\C/C=C\CCCCC)COP(=O)(O)OCCN. The first kappa shape index (κ1) is 70.5. The largest absolute Gasteiger partial charge is 0.472 e. The number of ether oxygens (including phenoxy) is 2. The third-order valence-corrected chi connectivity index (χ3v) is 14.1. The zero-order chi connectivity index (χ0) is 53.1. The molecular formula is C63H114NO8P. The zero-order valence-corrected chi connectivity index (χ0v) is 48.3. The Morgan fingerprint density at radius 1 is 0.425 bits per heavy atom. The highest BCUT2D eigenvalue weighted by Crippen LogP contribution is 2.43. The molecule has 0 saturated carbocycles. The molecule has 3 N–H and O–H groups in total. The Morgan fingerprint density at radius 3 is 1.12 bits per heavy atom. The number of carbonyl (C=O) groups is 2. The van der Waals surface area contributed by atoms with E-state index in [0.29, 0.717) is 6.42 Å². The molecule has 2 atom stereocenters. The van der Waals surface area contributed by atoms with Gasteiger partial charge < -0.3 is 20.1 Å². The number of phosphoric ester groups is 1. The number of esters is 2. The highest BCUT2D eigenvalue weighted by Gasteiger charge is 2.26. The van der Waals surface area contributed by atoms with Gasteiger partial charge in [0.25, 0.3) is 0 Å². The van der Waals surface area contributed by atoms with Crippen molar-refractivity contribution in [3.05, 3.63) is 72.9 Å². The molecule has 0 fully saturated rings. The van der Waals surface area contributed by atoms with Gasteiger partial charge in [-0.05, 0) is 83.5 Å². The summed E-state index contributed by atoms with van der Waals surface area (Å²) in [5.74, 6) is -0.827. The fourth-order valence-corrected chi connectivity index (χ4v) is 9.37. The fourth-order valence-electron chi connectivity index (χ4n) is 8.60. The number of hydrogen-bond donors (Lipinski definition) is 2. The van der Waals surface area contributed by atoms with Crippen molar-refractivity contribution in [1.82, 2.24) is 0 Å². The van der Waals surface area contributed by atoms with E-state index in [-0.39, 0.29) is 38.6 Å². The second-order valence-corrected chi connectivity index (χ2v) is 21.6. The van der Waals surface area contributed by atoms with E-state index in [1.165, 1.54) is 173 Å². The number of nitrogens with two attached hydrogens (primary N) is 1. The minimum Gasteiger partial charge on any atom is -0.462 e. The third kappa shape index (κ3) is 58.6. The molecule has 0 aromatic heterocycles. The lowest BCUT2D eigenvalue weighted by molar-refractivity contribution is -0.161. The molecule has 9 nitrogen and oxygen atoms in total. The molecule has 10 heteroatoms. The van der Waals surface area contributed by atoms with Gasteiger partial charge in [0.1, 0.15) is 6.61 Å². The molecule has 0 aliphatic carbocycles. The summed E-state index contributed by atoms with van der Waals surface area (Å²) in [7, 11) is -4.39. The van der Waals surface area contributed by atoms with Crippen molar-refractivity contribution in [2.45, 2.75) is 290 Å². The van der Waals surface area contributed by atoms with Crippen LogP contribution in [0.25, 0.3) is 0 Å². The van der Waals surface area contributed by atoms with Crippen LogP contribution in [-0.2, 0) is 32.7 Å². The summed E-state index contributed by atoms with van der Waals surface area (Å²) in [5.41, 5.74) is 5.38. The fraction of sp³-hybridized carbons (Fsp3) is 0.778. The van der Waals surface area contributed by atoms with E-state index in [4.69, 9.17) is 24.3 Å². The Morgan fingerprint density at radius 2 is 0.753 bits per heavy atom. The van der Waals surface area contributed by atoms with Gasteiger partial charge in [-0.1, -0.05) is 260 Å². The van der Waals surface area contributed by atoms with Crippen LogP contribution in [0.15, 0.2) is 72.9 Å². The maximum atomic E-state index is 12.7. The van der Waals surface area contributed by atoms with Crippen LogP contribution in [0.3, 0.4) is 0 Å². The van der Waals surface area contributed by atoms with Crippen molar-refractivity contribution >= 4 is 19.8 Å². The van der Waals surface area contributed by atoms with Crippen LogP contribution in [0.5, 0.6) is 0 Å². The summed E-state index contributed by atoms with van der Waals surface area (Å²) >= 11 is 0. The normalized spacial score (nSPS) is 13.5. The van der Waals surface area contributed by atoms with E-state index in [2.05, 4.69) is 86.8 Å². The molecule has 0 aromatic rings. The van der Waals surface area contributed by atoms with Gasteiger partial charge in [0.2, 0.25) is 0 Å². The Hall–Kier alpha value is -2.55. The third-order valence-electron chi connectivity index (χ3n) is 13.1. The number of unbranched alkanes of at least 4 members (excludes halogenated alkanes) is 32. The molecule has 0 rings (SSSR count). The highest BCUT2D eigenvalue weighted by molar-refractivity contribution is 7.47. The summed E-state index contributed by atoms with van der Waals surface area (Å²) in [5, 5.41) is 0. The maximum Gasteiger partial charge on any atom is 0.472 e. The lowest BCUT2D eigenvalue weighted by atomic mass is 10.0. The molecule has 2 unspecified atom stereocenters. The second-order valence-electron chi connectivity index (χ2n) is 20.2. The van der Waals surface area contributed by atoms with Crippen molar-refractivity contribution in [2.24, 2.45) is 5.73 Å². The summed E-state index contributed by atoms with van der Waals surface area (Å²) in [6, 6.07) is 0. The van der Waals surface area contributed by atoms with E-state index < -0.39 is 26.5 Å². The van der Waals surface area contributed by atoms with Crippen LogP contribution in [0, 0.1) is 0 Å². The van der Waals surface area contributed by atoms with Crippen LogP contribution in [-0.4, -0.2) is 49.3 Å². The van der Waals surface area contributed by atoms with Crippen molar-refractivity contribution in [3.63, 3.8) is 0 Å². The molecule has 0 radical (unpaired) electrons. The first-order valence-electron chi connectivity index (χ1n) is 30.4. The van der Waals surface area contributed by atoms with Crippen LogP contribution in [0.1, 0.15) is 284 Å². The van der Waals surface area contributed by atoms with Gasteiger partial charge in [0, 0.05) is 19.4 Å². The number of carbonyl (C=O) groups excluding carboxylic acids is 2. The van der Waals surface area contributed by atoms with Crippen molar-refractivity contribution in [2.75, 3.05) is 26.4 Å². The van der Waals surface area contributed by atoms with Gasteiger partial charge >= 0.3 is 19.8 Å². The van der Waals surface area contributed by atoms with E-state index >= 15 is 0 Å². The predicted octanol–water partition coefficient (Wildman–Crippen LogP) is 19.3. The molecule has 0 aromatic carbocycles. The predicted molar refractivity (Wildman–Crippen MR) is 312 cm³/mol.